The van der Waals surface area contributed by atoms with E-state index in [1.165, 1.54) is 5.56 Å². The molecule has 1 aliphatic rings. The van der Waals surface area contributed by atoms with Crippen LogP contribution in [-0.4, -0.2) is 37.2 Å². The molecule has 0 bridgehead atoms. The lowest BCUT2D eigenvalue weighted by atomic mass is 10.1. The minimum absolute atomic E-state index is 0.273. The van der Waals surface area contributed by atoms with Gasteiger partial charge in [-0.1, -0.05) is 12.1 Å². The molecule has 2 N–H and O–H groups in total. The van der Waals surface area contributed by atoms with E-state index in [0.29, 0.717) is 5.11 Å². The lowest BCUT2D eigenvalue weighted by Gasteiger charge is -2.12. The number of thiocarbonyl (C=S) groups is 1. The molecule has 1 aromatic carbocycles. The average molecular weight is 335 g/mol. The monoisotopic (exact) mass is 335 g/mol. The summed E-state index contributed by atoms with van der Waals surface area (Å²) in [5.41, 5.74) is 5.17. The van der Waals surface area contributed by atoms with Crippen molar-refractivity contribution >= 4 is 23.0 Å². The fourth-order valence-corrected chi connectivity index (χ4v) is 2.50. The maximum Gasteiger partial charge on any atom is 0.187 e. The fourth-order valence-electron chi connectivity index (χ4n) is 2.37. The van der Waals surface area contributed by atoms with Crippen molar-refractivity contribution in [3.05, 3.63) is 29.8 Å². The van der Waals surface area contributed by atoms with Gasteiger partial charge in [-0.3, -0.25) is 5.43 Å². The van der Waals surface area contributed by atoms with E-state index in [1.807, 2.05) is 19.1 Å². The second kappa shape index (κ2) is 9.47. The standard InChI is InChI=1S/C17H25N3O2S/c1-13(5-6-14-7-9-15(21-2)10-8-14)19-20-17(23)18-12-16-4-3-11-22-16/h7-10,16H,3-6,11-12H2,1-2H3,(H2,18,20,23)/b19-13-/t16-/m0/s1. The number of nitrogens with one attached hydrogen (secondary N) is 2. The molecule has 0 amide bonds. The molecule has 1 saturated heterocycles. The number of hydrazone groups is 1. The smallest absolute Gasteiger partial charge is 0.187 e. The topological polar surface area (TPSA) is 54.9 Å². The first-order valence-electron chi connectivity index (χ1n) is 7.99. The van der Waals surface area contributed by atoms with Crippen LogP contribution in [0.5, 0.6) is 5.75 Å². The van der Waals surface area contributed by atoms with Crippen LogP contribution in [0.15, 0.2) is 29.4 Å². The number of nitrogens with zero attached hydrogens (tertiary/aromatic N) is 1. The molecular weight excluding hydrogens is 310 g/mol. The largest absolute Gasteiger partial charge is 0.497 e. The Kier molecular flexibility index (Phi) is 7.29. The zero-order chi connectivity index (χ0) is 16.5. The number of rotatable bonds is 7. The Morgan fingerprint density at radius 3 is 2.83 bits per heavy atom. The van der Waals surface area contributed by atoms with Crippen LogP contribution < -0.4 is 15.5 Å². The first kappa shape index (κ1) is 17.7. The van der Waals surface area contributed by atoms with Gasteiger partial charge in [-0.2, -0.15) is 5.10 Å². The van der Waals surface area contributed by atoms with Crippen LogP contribution in [0.4, 0.5) is 0 Å². The SMILES string of the molecule is COc1ccc(CC/C(C)=N\NC(=S)NC[C@@H]2CCCO2)cc1. The summed E-state index contributed by atoms with van der Waals surface area (Å²) in [4.78, 5) is 0. The third kappa shape index (κ3) is 6.54. The zero-order valence-corrected chi connectivity index (χ0v) is 14.6. The van der Waals surface area contributed by atoms with Crippen LogP contribution in [0.1, 0.15) is 31.7 Å². The first-order valence-corrected chi connectivity index (χ1v) is 8.39. The van der Waals surface area contributed by atoms with Crippen LogP contribution in [0.25, 0.3) is 0 Å². The van der Waals surface area contributed by atoms with Crippen molar-refractivity contribution in [2.45, 2.75) is 38.7 Å². The highest BCUT2D eigenvalue weighted by molar-refractivity contribution is 7.80. The zero-order valence-electron chi connectivity index (χ0n) is 13.8. The summed E-state index contributed by atoms with van der Waals surface area (Å²) in [7, 11) is 1.67. The van der Waals surface area contributed by atoms with Crippen molar-refractivity contribution in [3.8, 4) is 5.75 Å². The van der Waals surface area contributed by atoms with Gasteiger partial charge in [0, 0.05) is 18.9 Å². The van der Waals surface area contributed by atoms with Gasteiger partial charge in [-0.15, -0.1) is 0 Å². The summed E-state index contributed by atoms with van der Waals surface area (Å²) in [5, 5.41) is 8.00. The maximum atomic E-state index is 5.54. The molecule has 0 spiro atoms. The van der Waals surface area contributed by atoms with E-state index in [-0.39, 0.29) is 6.10 Å². The van der Waals surface area contributed by atoms with E-state index in [9.17, 15) is 0 Å². The molecule has 2 rings (SSSR count). The van der Waals surface area contributed by atoms with Gasteiger partial charge in [0.1, 0.15) is 5.75 Å². The molecule has 23 heavy (non-hydrogen) atoms. The lowest BCUT2D eigenvalue weighted by molar-refractivity contribution is 0.114. The maximum absolute atomic E-state index is 5.54. The average Bonchev–Trinajstić information content (AvgIpc) is 3.10. The van der Waals surface area contributed by atoms with Crippen molar-refractivity contribution in [1.29, 1.82) is 0 Å². The second-order valence-electron chi connectivity index (χ2n) is 5.65. The van der Waals surface area contributed by atoms with Gasteiger partial charge in [0.2, 0.25) is 0 Å². The van der Waals surface area contributed by atoms with Gasteiger partial charge in [0.25, 0.3) is 0 Å². The third-order valence-corrected chi connectivity index (χ3v) is 4.03. The van der Waals surface area contributed by atoms with Gasteiger partial charge in [-0.05, 0) is 62.5 Å². The molecule has 126 valence electrons. The van der Waals surface area contributed by atoms with Crippen molar-refractivity contribution in [2.75, 3.05) is 20.3 Å². The summed E-state index contributed by atoms with van der Waals surface area (Å²) in [6.45, 7) is 3.60. The Hall–Kier alpha value is -1.66. The Labute approximate surface area is 143 Å². The number of hydrogen-bond acceptors (Lipinski definition) is 4. The van der Waals surface area contributed by atoms with E-state index in [0.717, 1.165) is 50.3 Å². The molecule has 0 saturated carbocycles. The van der Waals surface area contributed by atoms with Crippen LogP contribution >= 0.6 is 12.2 Å². The summed E-state index contributed by atoms with van der Waals surface area (Å²) >= 11 is 5.21. The van der Waals surface area contributed by atoms with Crippen molar-refractivity contribution in [3.63, 3.8) is 0 Å². The molecule has 0 unspecified atom stereocenters. The van der Waals surface area contributed by atoms with Gasteiger partial charge in [0.15, 0.2) is 5.11 Å². The predicted octanol–water partition coefficient (Wildman–Crippen LogP) is 2.65. The summed E-state index contributed by atoms with van der Waals surface area (Å²) in [6.07, 6.45) is 4.33. The van der Waals surface area contributed by atoms with Crippen LogP contribution in [0.3, 0.4) is 0 Å². The van der Waals surface area contributed by atoms with Gasteiger partial charge >= 0.3 is 0 Å². The molecule has 0 aromatic heterocycles. The van der Waals surface area contributed by atoms with E-state index >= 15 is 0 Å². The Morgan fingerprint density at radius 1 is 1.39 bits per heavy atom. The molecule has 0 aliphatic carbocycles. The third-order valence-electron chi connectivity index (χ3n) is 3.80. The minimum atomic E-state index is 0.273. The molecule has 1 fully saturated rings. The molecule has 6 heteroatoms. The van der Waals surface area contributed by atoms with E-state index in [1.54, 1.807) is 7.11 Å². The van der Waals surface area contributed by atoms with Crippen molar-refractivity contribution < 1.29 is 9.47 Å². The van der Waals surface area contributed by atoms with Gasteiger partial charge in [0.05, 0.1) is 13.2 Å². The molecule has 0 radical (unpaired) electrons. The summed E-state index contributed by atoms with van der Waals surface area (Å²) in [5.74, 6) is 0.878. The highest BCUT2D eigenvalue weighted by Crippen LogP contribution is 2.13. The normalized spacial score (nSPS) is 17.8. The van der Waals surface area contributed by atoms with E-state index in [2.05, 4.69) is 28.0 Å². The van der Waals surface area contributed by atoms with Crippen LogP contribution in [0.2, 0.25) is 0 Å². The van der Waals surface area contributed by atoms with Crippen molar-refractivity contribution in [1.82, 2.24) is 10.7 Å². The number of hydrogen-bond donors (Lipinski definition) is 2. The van der Waals surface area contributed by atoms with Crippen LogP contribution in [-0.2, 0) is 11.2 Å². The highest BCUT2D eigenvalue weighted by atomic mass is 32.1. The van der Waals surface area contributed by atoms with Gasteiger partial charge in [-0.25, -0.2) is 0 Å². The Bertz CT molecular complexity index is 525. The molecule has 5 nitrogen and oxygen atoms in total. The first-order chi connectivity index (χ1) is 11.2. The number of aryl methyl sites for hydroxylation is 1. The van der Waals surface area contributed by atoms with Crippen LogP contribution in [0, 0.1) is 0 Å². The quantitative estimate of drug-likeness (QED) is 0.456. The van der Waals surface area contributed by atoms with Crippen molar-refractivity contribution in [2.24, 2.45) is 5.10 Å². The highest BCUT2D eigenvalue weighted by Gasteiger charge is 2.14. The Morgan fingerprint density at radius 2 is 2.17 bits per heavy atom. The molecule has 1 atom stereocenters. The summed E-state index contributed by atoms with van der Waals surface area (Å²) < 4.78 is 10.7. The van der Waals surface area contributed by atoms with E-state index in [4.69, 9.17) is 21.7 Å². The van der Waals surface area contributed by atoms with Gasteiger partial charge < -0.3 is 14.8 Å². The second-order valence-corrected chi connectivity index (χ2v) is 6.06. The molecule has 1 heterocycles. The molecule has 1 aliphatic heterocycles. The predicted molar refractivity (Wildman–Crippen MR) is 97.1 cm³/mol. The van der Waals surface area contributed by atoms with E-state index < -0.39 is 0 Å². The molecule has 1 aromatic rings. The number of benzene rings is 1. The Balaban J connectivity index is 1.66. The number of methoxy groups -OCH3 is 1. The number of ether oxygens (including phenoxy) is 2. The molecular formula is C17H25N3O2S. The minimum Gasteiger partial charge on any atom is -0.497 e. The lowest BCUT2D eigenvalue weighted by Crippen LogP contribution is -2.37. The fraction of sp³-hybridized carbons (Fsp3) is 0.529. The summed E-state index contributed by atoms with van der Waals surface area (Å²) in [6, 6.07) is 8.11.